The second kappa shape index (κ2) is 8.24. The van der Waals surface area contributed by atoms with Gasteiger partial charge in [-0.05, 0) is 49.7 Å². The molecule has 0 amide bonds. The number of hydrogen-bond acceptors (Lipinski definition) is 6. The van der Waals surface area contributed by atoms with Gasteiger partial charge in [-0.25, -0.2) is 9.37 Å². The number of rotatable bonds is 6. The van der Waals surface area contributed by atoms with Crippen molar-refractivity contribution in [3.8, 4) is 22.9 Å². The molecule has 0 spiro atoms. The Morgan fingerprint density at radius 2 is 1.83 bits per heavy atom. The van der Waals surface area contributed by atoms with E-state index in [-0.39, 0.29) is 23.4 Å². The minimum absolute atomic E-state index is 0.119. The number of fused-ring (bicyclic) bond motifs is 1. The lowest BCUT2D eigenvalue weighted by atomic mass is 10.1. The van der Waals surface area contributed by atoms with E-state index in [1.807, 2.05) is 32.0 Å². The highest BCUT2D eigenvalue weighted by atomic mass is 32.2. The SMILES string of the molecule is CCOc1ccc(-c2nc3n(n2)C(=O)C[C@@H](c2ccc(F)cc2)S3)cc1OCC. The minimum atomic E-state index is -0.299. The highest BCUT2D eigenvalue weighted by Crippen LogP contribution is 2.42. The third-order valence-electron chi connectivity index (χ3n) is 4.46. The Morgan fingerprint density at radius 1 is 1.10 bits per heavy atom. The molecule has 0 fully saturated rings. The second-order valence-corrected chi connectivity index (χ2v) is 7.58. The van der Waals surface area contributed by atoms with Crippen LogP contribution in [0.2, 0.25) is 0 Å². The molecule has 2 heterocycles. The number of carbonyl (C=O) groups is 1. The van der Waals surface area contributed by atoms with Crippen LogP contribution in [0.1, 0.15) is 35.9 Å². The van der Waals surface area contributed by atoms with Crippen LogP contribution < -0.4 is 9.47 Å². The molecule has 1 aliphatic rings. The van der Waals surface area contributed by atoms with Gasteiger partial charge in [-0.15, -0.1) is 5.10 Å². The Labute approximate surface area is 172 Å². The highest BCUT2D eigenvalue weighted by molar-refractivity contribution is 7.99. The van der Waals surface area contributed by atoms with E-state index in [1.165, 1.54) is 28.6 Å². The van der Waals surface area contributed by atoms with Crippen LogP contribution in [0.5, 0.6) is 11.5 Å². The van der Waals surface area contributed by atoms with Crippen LogP contribution in [0.15, 0.2) is 47.6 Å². The van der Waals surface area contributed by atoms with Crippen molar-refractivity contribution >= 4 is 17.7 Å². The molecule has 1 aromatic heterocycles. The molecule has 0 bridgehead atoms. The molecule has 1 aliphatic heterocycles. The Morgan fingerprint density at radius 3 is 2.55 bits per heavy atom. The van der Waals surface area contributed by atoms with Crippen LogP contribution in [0.3, 0.4) is 0 Å². The Balaban J connectivity index is 1.64. The standard InChI is InChI=1S/C21H20FN3O3S/c1-3-27-16-10-7-14(11-17(16)28-4-2)20-23-21-25(24-20)19(26)12-18(29-21)13-5-8-15(22)9-6-13/h5-11,18H,3-4,12H2,1-2H3/t18-/m0/s1. The topological polar surface area (TPSA) is 66.2 Å². The van der Waals surface area contributed by atoms with Crippen LogP contribution in [0.25, 0.3) is 11.4 Å². The zero-order chi connectivity index (χ0) is 20.4. The van der Waals surface area contributed by atoms with Gasteiger partial charge in [0.2, 0.25) is 0 Å². The van der Waals surface area contributed by atoms with Gasteiger partial charge in [0.25, 0.3) is 5.91 Å². The summed E-state index contributed by atoms with van der Waals surface area (Å²) in [5, 5.41) is 4.81. The van der Waals surface area contributed by atoms with Gasteiger partial charge in [-0.2, -0.15) is 4.68 Å². The van der Waals surface area contributed by atoms with Gasteiger partial charge in [0, 0.05) is 17.2 Å². The van der Waals surface area contributed by atoms with E-state index in [4.69, 9.17) is 9.47 Å². The first-order chi connectivity index (χ1) is 14.1. The lowest BCUT2D eigenvalue weighted by molar-refractivity contribution is 0.0868. The first-order valence-corrected chi connectivity index (χ1v) is 10.3. The fourth-order valence-electron chi connectivity index (χ4n) is 3.13. The molecule has 29 heavy (non-hydrogen) atoms. The molecular formula is C21H20FN3O3S. The molecule has 3 aromatic rings. The van der Waals surface area contributed by atoms with Crippen molar-refractivity contribution in [3.63, 3.8) is 0 Å². The average molecular weight is 413 g/mol. The number of carbonyl (C=O) groups excluding carboxylic acids is 1. The number of ether oxygens (including phenoxy) is 2. The van der Waals surface area contributed by atoms with Crippen molar-refractivity contribution in [2.75, 3.05) is 13.2 Å². The molecule has 6 nitrogen and oxygen atoms in total. The molecule has 0 unspecified atom stereocenters. The summed E-state index contributed by atoms with van der Waals surface area (Å²) >= 11 is 1.45. The maximum atomic E-state index is 13.2. The van der Waals surface area contributed by atoms with E-state index in [9.17, 15) is 9.18 Å². The predicted molar refractivity (Wildman–Crippen MR) is 108 cm³/mol. The fourth-order valence-corrected chi connectivity index (χ4v) is 4.28. The summed E-state index contributed by atoms with van der Waals surface area (Å²) in [7, 11) is 0. The van der Waals surface area contributed by atoms with E-state index in [2.05, 4.69) is 10.1 Å². The van der Waals surface area contributed by atoms with Gasteiger partial charge in [0.15, 0.2) is 22.5 Å². The second-order valence-electron chi connectivity index (χ2n) is 6.41. The summed E-state index contributed by atoms with van der Waals surface area (Å²) < 4.78 is 25.8. The largest absolute Gasteiger partial charge is 0.490 e. The Hall–Kier alpha value is -2.87. The van der Waals surface area contributed by atoms with E-state index in [1.54, 1.807) is 12.1 Å². The summed E-state index contributed by atoms with van der Waals surface area (Å²) in [6.45, 7) is 4.85. The molecule has 1 atom stereocenters. The Kier molecular flexibility index (Phi) is 5.53. The lowest BCUT2D eigenvalue weighted by Crippen LogP contribution is -2.20. The highest BCUT2D eigenvalue weighted by Gasteiger charge is 2.30. The summed E-state index contributed by atoms with van der Waals surface area (Å²) in [5.41, 5.74) is 1.63. The van der Waals surface area contributed by atoms with Crippen molar-refractivity contribution in [1.29, 1.82) is 0 Å². The quantitative estimate of drug-likeness (QED) is 0.581. The first kappa shape index (κ1) is 19.4. The van der Waals surface area contributed by atoms with Crippen LogP contribution in [-0.2, 0) is 0 Å². The summed E-state index contributed by atoms with van der Waals surface area (Å²) in [6, 6.07) is 11.7. The average Bonchev–Trinajstić information content (AvgIpc) is 3.15. The minimum Gasteiger partial charge on any atom is -0.490 e. The number of thioether (sulfide) groups is 1. The number of hydrogen-bond donors (Lipinski definition) is 0. The zero-order valence-corrected chi connectivity index (χ0v) is 16.9. The van der Waals surface area contributed by atoms with Crippen LogP contribution in [-0.4, -0.2) is 33.9 Å². The van der Waals surface area contributed by atoms with Crippen LogP contribution >= 0.6 is 11.8 Å². The molecule has 0 aliphatic carbocycles. The maximum Gasteiger partial charge on any atom is 0.250 e. The summed E-state index contributed by atoms with van der Waals surface area (Å²) in [4.78, 5) is 17.2. The predicted octanol–water partition coefficient (Wildman–Crippen LogP) is 4.76. The molecule has 150 valence electrons. The number of halogens is 1. The summed E-state index contributed by atoms with van der Waals surface area (Å²) in [6.07, 6.45) is 0.277. The fraction of sp³-hybridized carbons (Fsp3) is 0.286. The molecular weight excluding hydrogens is 393 g/mol. The van der Waals surface area contributed by atoms with Gasteiger partial charge in [-0.1, -0.05) is 23.9 Å². The first-order valence-electron chi connectivity index (χ1n) is 9.41. The molecule has 4 rings (SSSR count). The molecule has 0 N–H and O–H groups in total. The van der Waals surface area contributed by atoms with Gasteiger partial charge < -0.3 is 9.47 Å². The van der Waals surface area contributed by atoms with Gasteiger partial charge in [0.05, 0.1) is 13.2 Å². The van der Waals surface area contributed by atoms with Crippen molar-refractivity contribution in [2.45, 2.75) is 30.7 Å². The molecule has 2 aromatic carbocycles. The molecule has 0 saturated carbocycles. The van der Waals surface area contributed by atoms with Crippen LogP contribution in [0.4, 0.5) is 4.39 Å². The maximum absolute atomic E-state index is 13.2. The summed E-state index contributed by atoms with van der Waals surface area (Å²) in [5.74, 6) is 1.28. The number of aromatic nitrogens is 3. The third-order valence-corrected chi connectivity index (χ3v) is 5.66. The molecule has 8 heteroatoms. The van der Waals surface area contributed by atoms with E-state index < -0.39 is 0 Å². The zero-order valence-electron chi connectivity index (χ0n) is 16.1. The molecule has 0 saturated heterocycles. The van der Waals surface area contributed by atoms with Crippen molar-refractivity contribution < 1.29 is 18.7 Å². The monoisotopic (exact) mass is 413 g/mol. The van der Waals surface area contributed by atoms with Gasteiger partial charge >= 0.3 is 0 Å². The molecule has 0 radical (unpaired) electrons. The number of benzene rings is 2. The van der Waals surface area contributed by atoms with Crippen molar-refractivity contribution in [2.24, 2.45) is 0 Å². The van der Waals surface area contributed by atoms with E-state index in [0.717, 1.165) is 11.1 Å². The number of nitrogens with zero attached hydrogens (tertiary/aromatic N) is 3. The Bertz CT molecular complexity index is 1040. The lowest BCUT2D eigenvalue weighted by Gasteiger charge is -2.20. The smallest absolute Gasteiger partial charge is 0.250 e. The third kappa shape index (κ3) is 3.98. The van der Waals surface area contributed by atoms with Gasteiger partial charge in [0.1, 0.15) is 5.82 Å². The normalized spacial score (nSPS) is 15.8. The van der Waals surface area contributed by atoms with E-state index in [0.29, 0.717) is 35.7 Å². The van der Waals surface area contributed by atoms with Crippen molar-refractivity contribution in [1.82, 2.24) is 14.8 Å². The van der Waals surface area contributed by atoms with Crippen molar-refractivity contribution in [3.05, 3.63) is 53.8 Å². The van der Waals surface area contributed by atoms with Crippen LogP contribution in [0, 0.1) is 5.82 Å². The van der Waals surface area contributed by atoms with Gasteiger partial charge in [-0.3, -0.25) is 4.79 Å². The van der Waals surface area contributed by atoms with E-state index >= 15 is 0 Å².